The van der Waals surface area contributed by atoms with Crippen molar-refractivity contribution in [3.8, 4) is 0 Å². The molecule has 4 heteroatoms. The van der Waals surface area contributed by atoms with Crippen molar-refractivity contribution in [3.63, 3.8) is 0 Å². The van der Waals surface area contributed by atoms with Gasteiger partial charge in [-0.1, -0.05) is 23.7 Å². The van der Waals surface area contributed by atoms with Gasteiger partial charge in [0.2, 0.25) is 0 Å². The number of benzene rings is 1. The van der Waals surface area contributed by atoms with Crippen molar-refractivity contribution in [2.45, 2.75) is 12.5 Å². The number of aliphatic hydroxyl groups excluding tert-OH is 1. The van der Waals surface area contributed by atoms with E-state index in [1.165, 1.54) is 0 Å². The molecule has 0 aliphatic heterocycles. The van der Waals surface area contributed by atoms with Gasteiger partial charge in [0.1, 0.15) is 6.67 Å². The molecule has 0 aliphatic carbocycles. The van der Waals surface area contributed by atoms with Crippen molar-refractivity contribution in [2.24, 2.45) is 0 Å². The highest BCUT2D eigenvalue weighted by Crippen LogP contribution is 2.19. The molecule has 1 aromatic rings. The Bertz CT molecular complexity index is 310. The summed E-state index contributed by atoms with van der Waals surface area (Å²) in [5.74, 6) is -0.604. The number of alkyl halides is 1. The lowest BCUT2D eigenvalue weighted by Crippen LogP contribution is -2.07. The Kier molecular flexibility index (Phi) is 4.04. The summed E-state index contributed by atoms with van der Waals surface area (Å²) in [6, 6.07) is 6.44. The first-order chi connectivity index (χ1) is 6.63. The Balaban J connectivity index is 2.65. The molecule has 2 nitrogen and oxygen atoms in total. The molecule has 0 aromatic heterocycles. The number of ketones is 1. The van der Waals surface area contributed by atoms with E-state index in [1.807, 2.05) is 0 Å². The molecule has 0 saturated heterocycles. The summed E-state index contributed by atoms with van der Waals surface area (Å²) in [6.07, 6.45) is -1.14. The van der Waals surface area contributed by atoms with Crippen LogP contribution >= 0.6 is 11.6 Å². The van der Waals surface area contributed by atoms with Crippen LogP contribution in [0, 0.1) is 0 Å². The average Bonchev–Trinajstić information content (AvgIpc) is 2.18. The Morgan fingerprint density at radius 1 is 1.43 bits per heavy atom. The van der Waals surface area contributed by atoms with Gasteiger partial charge >= 0.3 is 0 Å². The highest BCUT2D eigenvalue weighted by atomic mass is 35.5. The van der Waals surface area contributed by atoms with Crippen molar-refractivity contribution in [2.75, 3.05) is 6.67 Å². The highest BCUT2D eigenvalue weighted by molar-refractivity contribution is 6.30. The minimum Gasteiger partial charge on any atom is -0.388 e. The lowest BCUT2D eigenvalue weighted by molar-refractivity contribution is -0.121. The van der Waals surface area contributed by atoms with Gasteiger partial charge in [-0.15, -0.1) is 0 Å². The fraction of sp³-hybridized carbons (Fsp3) is 0.300. The molecule has 1 rings (SSSR count). The number of Topliss-reactive ketones (excluding diaryl/α,β-unsaturated/α-hetero) is 1. The summed E-state index contributed by atoms with van der Waals surface area (Å²) in [5.41, 5.74) is 0.566. The van der Waals surface area contributed by atoms with E-state index in [2.05, 4.69) is 0 Å². The van der Waals surface area contributed by atoms with E-state index in [-0.39, 0.29) is 6.42 Å². The summed E-state index contributed by atoms with van der Waals surface area (Å²) >= 11 is 5.64. The summed E-state index contributed by atoms with van der Waals surface area (Å²) in [4.78, 5) is 10.7. The molecular weight excluding hydrogens is 207 g/mol. The van der Waals surface area contributed by atoms with Crippen molar-refractivity contribution < 1.29 is 14.3 Å². The molecule has 1 atom stereocenters. The smallest absolute Gasteiger partial charge is 0.166 e. The quantitative estimate of drug-likeness (QED) is 0.839. The maximum atomic E-state index is 11.8. The third-order valence-electron chi connectivity index (χ3n) is 1.82. The van der Waals surface area contributed by atoms with Crippen LogP contribution in [0.25, 0.3) is 0 Å². The number of halogens is 2. The van der Waals surface area contributed by atoms with Gasteiger partial charge in [0, 0.05) is 11.4 Å². The van der Waals surface area contributed by atoms with Gasteiger partial charge in [0.15, 0.2) is 5.78 Å². The molecule has 0 radical (unpaired) electrons. The number of carbonyl (C=O) groups excluding carboxylic acids is 1. The number of hydrogen-bond donors (Lipinski definition) is 1. The summed E-state index contributed by atoms with van der Waals surface area (Å²) in [6.45, 7) is -1.04. The van der Waals surface area contributed by atoms with Gasteiger partial charge < -0.3 is 5.11 Å². The zero-order valence-corrected chi connectivity index (χ0v) is 8.17. The molecule has 0 bridgehead atoms. The van der Waals surface area contributed by atoms with Crippen LogP contribution in [0.5, 0.6) is 0 Å². The number of hydrogen-bond acceptors (Lipinski definition) is 2. The molecule has 0 spiro atoms. The monoisotopic (exact) mass is 216 g/mol. The molecule has 0 fully saturated rings. The Hall–Kier alpha value is -0.930. The fourth-order valence-electron chi connectivity index (χ4n) is 1.07. The molecule has 1 aromatic carbocycles. The zero-order valence-electron chi connectivity index (χ0n) is 7.41. The van der Waals surface area contributed by atoms with Crippen molar-refractivity contribution in [1.29, 1.82) is 0 Å². The lowest BCUT2D eigenvalue weighted by atomic mass is 10.1. The van der Waals surface area contributed by atoms with E-state index in [0.717, 1.165) is 0 Å². The molecule has 1 unspecified atom stereocenters. The molecule has 0 heterocycles. The molecule has 1 N–H and O–H groups in total. The van der Waals surface area contributed by atoms with Gasteiger partial charge in [-0.2, -0.15) is 0 Å². The SMILES string of the molecule is O=C(CF)CC(O)c1ccc(Cl)cc1. The van der Waals surface area contributed by atoms with Crippen molar-refractivity contribution in [1.82, 2.24) is 0 Å². The van der Waals surface area contributed by atoms with Gasteiger partial charge in [0.05, 0.1) is 6.10 Å². The van der Waals surface area contributed by atoms with Gasteiger partial charge in [-0.3, -0.25) is 4.79 Å². The predicted molar refractivity (Wildman–Crippen MR) is 52.0 cm³/mol. The Labute approximate surface area is 86.3 Å². The first-order valence-electron chi connectivity index (χ1n) is 4.14. The molecular formula is C10H10ClFO2. The largest absolute Gasteiger partial charge is 0.388 e. The third-order valence-corrected chi connectivity index (χ3v) is 2.08. The van der Waals surface area contributed by atoms with Crippen molar-refractivity contribution >= 4 is 17.4 Å². The average molecular weight is 217 g/mol. The second-order valence-corrected chi connectivity index (χ2v) is 3.38. The first kappa shape index (κ1) is 11.1. The van der Waals surface area contributed by atoms with Crippen LogP contribution in [0.1, 0.15) is 18.1 Å². The summed E-state index contributed by atoms with van der Waals surface area (Å²) in [5, 5.41) is 10.0. The molecule has 0 aliphatic rings. The summed E-state index contributed by atoms with van der Waals surface area (Å²) < 4.78 is 11.8. The standard InChI is InChI=1S/C10H10ClFO2/c11-8-3-1-7(2-4-8)10(14)5-9(13)6-12/h1-4,10,14H,5-6H2. The second-order valence-electron chi connectivity index (χ2n) is 2.94. The second kappa shape index (κ2) is 5.08. The minimum absolute atomic E-state index is 0.196. The normalized spacial score (nSPS) is 12.5. The van der Waals surface area contributed by atoms with Gasteiger partial charge in [-0.05, 0) is 17.7 Å². The lowest BCUT2D eigenvalue weighted by Gasteiger charge is -2.08. The van der Waals surface area contributed by atoms with E-state index in [9.17, 15) is 14.3 Å². The van der Waals surface area contributed by atoms with Crippen LogP contribution in [-0.2, 0) is 4.79 Å². The topological polar surface area (TPSA) is 37.3 Å². The van der Waals surface area contributed by atoms with E-state index in [4.69, 9.17) is 11.6 Å². The van der Waals surface area contributed by atoms with Crippen LogP contribution in [0.3, 0.4) is 0 Å². The van der Waals surface area contributed by atoms with E-state index in [1.54, 1.807) is 24.3 Å². The van der Waals surface area contributed by atoms with E-state index in [0.29, 0.717) is 10.6 Å². The van der Waals surface area contributed by atoms with E-state index >= 15 is 0 Å². The van der Waals surface area contributed by atoms with Crippen molar-refractivity contribution in [3.05, 3.63) is 34.9 Å². The Morgan fingerprint density at radius 2 is 2.00 bits per heavy atom. The van der Waals surface area contributed by atoms with Crippen LogP contribution in [0.15, 0.2) is 24.3 Å². The zero-order chi connectivity index (χ0) is 10.6. The van der Waals surface area contributed by atoms with Crippen LogP contribution < -0.4 is 0 Å². The molecule has 0 amide bonds. The van der Waals surface area contributed by atoms with Gasteiger partial charge in [0.25, 0.3) is 0 Å². The minimum atomic E-state index is -1.04. The maximum Gasteiger partial charge on any atom is 0.166 e. The summed E-state index contributed by atoms with van der Waals surface area (Å²) in [7, 11) is 0. The third kappa shape index (κ3) is 3.09. The molecule has 76 valence electrons. The van der Waals surface area contributed by atoms with Crippen LogP contribution in [-0.4, -0.2) is 17.6 Å². The predicted octanol–water partition coefficient (Wildman–Crippen LogP) is 2.30. The van der Waals surface area contributed by atoms with E-state index < -0.39 is 18.6 Å². The maximum absolute atomic E-state index is 11.8. The first-order valence-corrected chi connectivity index (χ1v) is 4.52. The fourth-order valence-corrected chi connectivity index (χ4v) is 1.20. The number of carbonyl (C=O) groups is 1. The van der Waals surface area contributed by atoms with Gasteiger partial charge in [-0.25, -0.2) is 4.39 Å². The molecule has 0 saturated carbocycles. The highest BCUT2D eigenvalue weighted by Gasteiger charge is 2.12. The number of aliphatic hydroxyl groups is 1. The molecule has 14 heavy (non-hydrogen) atoms. The van der Waals surface area contributed by atoms with Crippen LogP contribution in [0.4, 0.5) is 4.39 Å². The Morgan fingerprint density at radius 3 is 2.50 bits per heavy atom. The number of rotatable bonds is 4. The van der Waals surface area contributed by atoms with Crippen LogP contribution in [0.2, 0.25) is 5.02 Å².